The second-order valence-corrected chi connectivity index (χ2v) is 21.1. The Bertz CT molecular complexity index is 2550. The molecule has 0 radical (unpaired) electrons. The fraction of sp³-hybridized carbons (Fsp3) is 0.172. The summed E-state index contributed by atoms with van der Waals surface area (Å²) in [7, 11) is -1.36. The average molecular weight is 811 g/mol. The van der Waals surface area contributed by atoms with Crippen molar-refractivity contribution in [1.82, 2.24) is 0 Å². The lowest BCUT2D eigenvalue weighted by molar-refractivity contribution is 0.387. The van der Waals surface area contributed by atoms with Crippen LogP contribution in [-0.4, -0.2) is 6.16 Å². The zero-order chi connectivity index (χ0) is 40.1. The van der Waals surface area contributed by atoms with Crippen LogP contribution in [0, 0.1) is 5.92 Å². The molecule has 0 bridgehead atoms. The smallest absolute Gasteiger partial charge is 0.0136 e. The van der Waals surface area contributed by atoms with Gasteiger partial charge in [0.1, 0.15) is 0 Å². The number of aryl methyl sites for hydroxylation is 1. The van der Waals surface area contributed by atoms with E-state index in [4.69, 9.17) is 0 Å². The van der Waals surface area contributed by atoms with Crippen molar-refractivity contribution in [3.63, 3.8) is 0 Å². The van der Waals surface area contributed by atoms with E-state index in [1.807, 2.05) is 0 Å². The fourth-order valence-electron chi connectivity index (χ4n) is 10.4. The second-order valence-electron chi connectivity index (χ2n) is 16.6. The van der Waals surface area contributed by atoms with Crippen LogP contribution in [0.15, 0.2) is 212 Å². The maximum absolute atomic E-state index is 2.64. The highest BCUT2D eigenvalue weighted by Gasteiger charge is 2.43. The summed E-state index contributed by atoms with van der Waals surface area (Å²) in [5, 5.41) is 5.83. The quantitative estimate of drug-likeness (QED) is 0.114. The van der Waals surface area contributed by atoms with Gasteiger partial charge in [-0.25, -0.2) is 0 Å². The minimum Gasteiger partial charge on any atom is -0.0622 e. The Balaban J connectivity index is 1.27. The SMILES string of the molecule is c1ccc(-c2cc3c(c(C4c5ccccc5CC(c5ccccc5)[C@H]4CP(c4ccccc4)c4ccccc4)c2CP(c2ccccc2)c2ccccc2)CCCC3)cc1. The first-order valence-electron chi connectivity index (χ1n) is 21.9. The maximum Gasteiger partial charge on any atom is 0.0136 e. The van der Waals surface area contributed by atoms with Crippen LogP contribution in [0.4, 0.5) is 0 Å². The molecule has 0 amide bonds. The van der Waals surface area contributed by atoms with Crippen molar-refractivity contribution in [2.45, 2.75) is 50.1 Å². The predicted molar refractivity (Wildman–Crippen MR) is 260 cm³/mol. The van der Waals surface area contributed by atoms with Crippen molar-refractivity contribution < 1.29 is 0 Å². The molecule has 0 fully saturated rings. The van der Waals surface area contributed by atoms with Crippen LogP contribution >= 0.6 is 15.8 Å². The molecule has 10 rings (SSSR count). The molecule has 0 nitrogen and oxygen atoms in total. The number of hydrogen-bond acceptors (Lipinski definition) is 0. The first-order valence-corrected chi connectivity index (χ1v) is 25.0. The van der Waals surface area contributed by atoms with E-state index in [1.165, 1.54) is 56.3 Å². The summed E-state index contributed by atoms with van der Waals surface area (Å²) in [5.41, 5.74) is 13.8. The van der Waals surface area contributed by atoms with Crippen LogP contribution < -0.4 is 21.2 Å². The molecular formula is C58H52P2. The lowest BCUT2D eigenvalue weighted by Gasteiger charge is -2.44. The van der Waals surface area contributed by atoms with Crippen molar-refractivity contribution in [3.05, 3.63) is 251 Å². The standard InChI is InChI=1S/C58H52P2/c1-7-23-43(24-8-1)53-39-45-27-19-21-37-51(45)57(55(53)41-59(47-29-11-3-12-30-47)48-31-13-4-14-32-48)58-52-38-22-20-28-46(52)40-54(44-25-9-2-10-26-44)56(58)42-60(49-33-15-5-16-34-49)50-35-17-6-18-36-50/h1-19,21,23-27,29-37,40,53,55,57H,20,22,28,38-39,41-42H2/t53?,55-,57?/m1/s1. The minimum atomic E-state index is -0.706. The number of rotatable bonds is 11. The largest absolute Gasteiger partial charge is 0.0622 e. The molecule has 8 aromatic carbocycles. The summed E-state index contributed by atoms with van der Waals surface area (Å²) in [6, 6.07) is 81.1. The highest BCUT2D eigenvalue weighted by atomic mass is 31.1. The van der Waals surface area contributed by atoms with Gasteiger partial charge in [-0.15, -0.1) is 0 Å². The number of benzene rings is 8. The van der Waals surface area contributed by atoms with Gasteiger partial charge in [0.05, 0.1) is 0 Å². The lowest BCUT2D eigenvalue weighted by Crippen LogP contribution is -2.35. The van der Waals surface area contributed by atoms with Crippen LogP contribution in [0.2, 0.25) is 0 Å². The molecule has 0 aliphatic heterocycles. The third-order valence-electron chi connectivity index (χ3n) is 13.2. The summed E-state index contributed by atoms with van der Waals surface area (Å²) >= 11 is 0. The van der Waals surface area contributed by atoms with E-state index >= 15 is 0 Å². The first kappa shape index (κ1) is 38.8. The van der Waals surface area contributed by atoms with Gasteiger partial charge in [0, 0.05) is 12.1 Å². The first-order chi connectivity index (χ1) is 29.8. The average Bonchev–Trinajstić information content (AvgIpc) is 3.33. The van der Waals surface area contributed by atoms with Crippen molar-refractivity contribution in [1.29, 1.82) is 0 Å². The molecule has 3 atom stereocenters. The zero-order valence-electron chi connectivity index (χ0n) is 34.3. The molecule has 2 aliphatic rings. The van der Waals surface area contributed by atoms with E-state index in [0.29, 0.717) is 11.8 Å². The lowest BCUT2D eigenvalue weighted by atomic mass is 9.63. The molecule has 0 N–H and O–H groups in total. The number of fused-ring (bicyclic) bond motifs is 2. The van der Waals surface area contributed by atoms with Gasteiger partial charge < -0.3 is 0 Å². The molecule has 0 saturated heterocycles. The third-order valence-corrected chi connectivity index (χ3v) is 18.3. The van der Waals surface area contributed by atoms with Crippen LogP contribution in [0.1, 0.15) is 63.6 Å². The maximum atomic E-state index is 2.64. The Morgan fingerprint density at radius 2 is 0.933 bits per heavy atom. The third kappa shape index (κ3) is 7.97. The molecule has 2 aliphatic carbocycles. The monoisotopic (exact) mass is 810 g/mol. The highest BCUT2D eigenvalue weighted by Crippen LogP contribution is 2.56. The van der Waals surface area contributed by atoms with Gasteiger partial charge in [0.15, 0.2) is 0 Å². The Labute approximate surface area is 359 Å². The fourth-order valence-corrected chi connectivity index (χ4v) is 15.5. The van der Waals surface area contributed by atoms with Gasteiger partial charge in [-0.05, 0) is 137 Å². The van der Waals surface area contributed by atoms with Crippen molar-refractivity contribution >= 4 is 37.1 Å². The Morgan fingerprint density at radius 3 is 1.52 bits per heavy atom. The van der Waals surface area contributed by atoms with E-state index in [-0.39, 0.29) is 5.92 Å². The van der Waals surface area contributed by atoms with Crippen LogP contribution in [0.3, 0.4) is 0 Å². The molecule has 2 heteroatoms. The molecule has 2 unspecified atom stereocenters. The van der Waals surface area contributed by atoms with Crippen LogP contribution in [0.5, 0.6) is 0 Å². The van der Waals surface area contributed by atoms with Crippen molar-refractivity contribution in [3.8, 4) is 11.1 Å². The zero-order valence-corrected chi connectivity index (χ0v) is 36.1. The summed E-state index contributed by atoms with van der Waals surface area (Å²) in [5.74, 6) is 0.997. The van der Waals surface area contributed by atoms with Gasteiger partial charge in [0.2, 0.25) is 0 Å². The normalized spacial score (nSPS) is 17.3. The summed E-state index contributed by atoms with van der Waals surface area (Å²) in [4.78, 5) is 0. The molecule has 60 heavy (non-hydrogen) atoms. The van der Waals surface area contributed by atoms with E-state index in [2.05, 4.69) is 212 Å². The molecule has 0 saturated carbocycles. The molecule has 0 heterocycles. The van der Waals surface area contributed by atoms with Crippen LogP contribution in [0.25, 0.3) is 11.1 Å². The topological polar surface area (TPSA) is 0 Å². The Hall–Kier alpha value is -5.38. The summed E-state index contributed by atoms with van der Waals surface area (Å²) in [6.07, 6.45) is 7.99. The molecule has 8 aromatic rings. The Morgan fingerprint density at radius 1 is 0.450 bits per heavy atom. The minimum absolute atomic E-state index is 0.242. The second kappa shape index (κ2) is 18.1. The molecular weight excluding hydrogens is 759 g/mol. The molecule has 294 valence electrons. The van der Waals surface area contributed by atoms with Gasteiger partial charge in [0.25, 0.3) is 0 Å². The highest BCUT2D eigenvalue weighted by molar-refractivity contribution is 7.73. The van der Waals surface area contributed by atoms with Crippen LogP contribution in [-0.2, 0) is 25.4 Å². The van der Waals surface area contributed by atoms with E-state index in [9.17, 15) is 0 Å². The van der Waals surface area contributed by atoms with E-state index in [1.54, 1.807) is 27.8 Å². The summed E-state index contributed by atoms with van der Waals surface area (Å²) < 4.78 is 0. The van der Waals surface area contributed by atoms with Gasteiger partial charge in [-0.2, -0.15) is 0 Å². The predicted octanol–water partition coefficient (Wildman–Crippen LogP) is 13.1. The summed E-state index contributed by atoms with van der Waals surface area (Å²) in [6.45, 7) is 0. The van der Waals surface area contributed by atoms with Gasteiger partial charge in [-0.1, -0.05) is 212 Å². The van der Waals surface area contributed by atoms with Crippen molar-refractivity contribution in [2.75, 3.05) is 6.16 Å². The molecule has 0 spiro atoms. The van der Waals surface area contributed by atoms with Gasteiger partial charge in [-0.3, -0.25) is 0 Å². The van der Waals surface area contributed by atoms with E-state index in [0.717, 1.165) is 31.6 Å². The Kier molecular flexibility index (Phi) is 11.7. The molecule has 0 aromatic heterocycles. The number of hydrogen-bond donors (Lipinski definition) is 0. The van der Waals surface area contributed by atoms with E-state index < -0.39 is 15.8 Å². The van der Waals surface area contributed by atoms with Gasteiger partial charge >= 0.3 is 0 Å². The van der Waals surface area contributed by atoms with Crippen molar-refractivity contribution in [2.24, 2.45) is 5.92 Å².